The number of piperidine rings is 2. The van der Waals surface area contributed by atoms with Gasteiger partial charge in [0.2, 0.25) is 11.8 Å². The molecular weight excluding hydrogens is 508 g/mol. The van der Waals surface area contributed by atoms with Crippen LogP contribution in [0.3, 0.4) is 0 Å². The number of benzene rings is 2. The molecule has 40 heavy (non-hydrogen) atoms. The molecule has 5 rings (SSSR count). The summed E-state index contributed by atoms with van der Waals surface area (Å²) in [6, 6.07) is 13.4. The lowest BCUT2D eigenvalue weighted by Gasteiger charge is -2.32. The van der Waals surface area contributed by atoms with Crippen molar-refractivity contribution in [1.82, 2.24) is 15.1 Å². The van der Waals surface area contributed by atoms with E-state index in [9.17, 15) is 19.2 Å². The molecule has 1 atom stereocenters. The second-order valence-corrected chi connectivity index (χ2v) is 12.0. The van der Waals surface area contributed by atoms with Crippen molar-refractivity contribution < 1.29 is 23.9 Å². The summed E-state index contributed by atoms with van der Waals surface area (Å²) in [6.07, 6.45) is 3.24. The van der Waals surface area contributed by atoms with Crippen molar-refractivity contribution in [2.75, 3.05) is 25.0 Å². The van der Waals surface area contributed by atoms with E-state index in [2.05, 4.69) is 27.7 Å². The van der Waals surface area contributed by atoms with Gasteiger partial charge in [-0.25, -0.2) is 4.79 Å². The summed E-state index contributed by atoms with van der Waals surface area (Å²) in [5.74, 6) is -0.331. The van der Waals surface area contributed by atoms with Crippen molar-refractivity contribution in [3.8, 4) is 0 Å². The lowest BCUT2D eigenvalue weighted by atomic mass is 9.88. The fraction of sp³-hybridized carbons (Fsp3) is 0.484. The number of ether oxygens (including phenoxy) is 1. The van der Waals surface area contributed by atoms with Gasteiger partial charge >= 0.3 is 6.09 Å². The highest BCUT2D eigenvalue weighted by Crippen LogP contribution is 2.33. The zero-order chi connectivity index (χ0) is 28.4. The second kappa shape index (κ2) is 11.4. The zero-order valence-corrected chi connectivity index (χ0v) is 23.5. The van der Waals surface area contributed by atoms with E-state index in [1.807, 2.05) is 51.1 Å². The molecule has 3 heterocycles. The van der Waals surface area contributed by atoms with Gasteiger partial charge in [-0.15, -0.1) is 0 Å². The number of rotatable bonds is 6. The summed E-state index contributed by atoms with van der Waals surface area (Å²) in [4.78, 5) is 52.9. The number of anilines is 1. The average molecular weight is 547 g/mol. The molecule has 9 heteroatoms. The number of fused-ring (bicyclic) bond motifs is 1. The molecule has 0 spiro atoms. The Balaban J connectivity index is 1.10. The van der Waals surface area contributed by atoms with Gasteiger partial charge in [-0.3, -0.25) is 25.0 Å². The average Bonchev–Trinajstić information content (AvgIpc) is 3.23. The van der Waals surface area contributed by atoms with Crippen molar-refractivity contribution in [1.29, 1.82) is 0 Å². The number of hydrogen-bond acceptors (Lipinski definition) is 6. The standard InChI is InChI=1S/C31H38N4O5/c1-31(2,3)40-30(39)32-24-7-4-20(5-8-24)12-15-34-16-13-21(14-17-34)22-6-9-25-23(18-22)19-35(29(25)38)26-10-11-27(36)33-28(26)37/h4-9,18,21,26H,10-17,19H2,1-3H3,(H,32,39)(H,33,36,37). The van der Waals surface area contributed by atoms with Crippen molar-refractivity contribution in [3.63, 3.8) is 0 Å². The molecule has 0 saturated carbocycles. The molecule has 1 unspecified atom stereocenters. The van der Waals surface area contributed by atoms with Crippen LogP contribution < -0.4 is 10.6 Å². The summed E-state index contributed by atoms with van der Waals surface area (Å²) in [5, 5.41) is 5.13. The van der Waals surface area contributed by atoms with E-state index >= 15 is 0 Å². The van der Waals surface area contributed by atoms with Gasteiger partial charge < -0.3 is 14.5 Å². The minimum absolute atomic E-state index is 0.125. The Kier molecular flexibility index (Phi) is 7.94. The number of hydrogen-bond donors (Lipinski definition) is 2. The predicted octanol–water partition coefficient (Wildman–Crippen LogP) is 4.22. The van der Waals surface area contributed by atoms with Gasteiger partial charge in [0.05, 0.1) is 0 Å². The zero-order valence-electron chi connectivity index (χ0n) is 23.5. The highest BCUT2D eigenvalue weighted by Gasteiger charge is 2.39. The second-order valence-electron chi connectivity index (χ2n) is 12.0. The van der Waals surface area contributed by atoms with Crippen LogP contribution in [0.4, 0.5) is 10.5 Å². The SMILES string of the molecule is CC(C)(C)OC(=O)Nc1ccc(CCN2CCC(c3ccc4c(c3)CN(C3CCC(=O)NC3=O)C4=O)CC2)cc1. The van der Waals surface area contributed by atoms with Crippen LogP contribution in [-0.2, 0) is 27.3 Å². The van der Waals surface area contributed by atoms with Crippen LogP contribution in [0.25, 0.3) is 0 Å². The highest BCUT2D eigenvalue weighted by atomic mass is 16.6. The lowest BCUT2D eigenvalue weighted by molar-refractivity contribution is -0.136. The normalized spacial score (nSPS) is 20.3. The van der Waals surface area contributed by atoms with Crippen molar-refractivity contribution in [3.05, 3.63) is 64.7 Å². The number of amides is 4. The van der Waals surface area contributed by atoms with E-state index in [1.165, 1.54) is 11.1 Å². The first-order valence-corrected chi connectivity index (χ1v) is 14.1. The molecule has 3 aliphatic rings. The van der Waals surface area contributed by atoms with E-state index in [4.69, 9.17) is 4.74 Å². The minimum Gasteiger partial charge on any atom is -0.444 e. The number of carbonyl (C=O) groups excluding carboxylic acids is 4. The maximum Gasteiger partial charge on any atom is 0.412 e. The van der Waals surface area contributed by atoms with Gasteiger partial charge in [-0.1, -0.05) is 24.3 Å². The number of imide groups is 1. The highest BCUT2D eigenvalue weighted by molar-refractivity contribution is 6.05. The Morgan fingerprint density at radius 3 is 2.42 bits per heavy atom. The largest absolute Gasteiger partial charge is 0.444 e. The molecule has 0 radical (unpaired) electrons. The molecule has 2 aromatic rings. The maximum absolute atomic E-state index is 13.0. The summed E-state index contributed by atoms with van der Waals surface area (Å²) < 4.78 is 5.30. The lowest BCUT2D eigenvalue weighted by Crippen LogP contribution is -2.52. The molecule has 0 aliphatic carbocycles. The molecule has 2 saturated heterocycles. The molecule has 212 valence electrons. The Morgan fingerprint density at radius 2 is 1.75 bits per heavy atom. The monoisotopic (exact) mass is 546 g/mol. The number of carbonyl (C=O) groups is 4. The summed E-state index contributed by atoms with van der Waals surface area (Å²) in [6.45, 7) is 8.94. The number of nitrogens with zero attached hydrogens (tertiary/aromatic N) is 2. The molecule has 2 fully saturated rings. The number of likely N-dealkylation sites (tertiary alicyclic amines) is 1. The third-order valence-electron chi connectivity index (χ3n) is 7.92. The molecule has 4 amide bonds. The van der Waals surface area contributed by atoms with Crippen LogP contribution in [0.15, 0.2) is 42.5 Å². The molecule has 0 bridgehead atoms. The maximum atomic E-state index is 13.0. The van der Waals surface area contributed by atoms with Crippen LogP contribution in [0.2, 0.25) is 0 Å². The van der Waals surface area contributed by atoms with Gasteiger partial charge in [0, 0.05) is 30.8 Å². The van der Waals surface area contributed by atoms with Crippen LogP contribution in [-0.4, -0.2) is 64.9 Å². The van der Waals surface area contributed by atoms with Gasteiger partial charge in [0.25, 0.3) is 5.91 Å². The molecule has 3 aliphatic heterocycles. The van der Waals surface area contributed by atoms with Crippen molar-refractivity contribution >= 4 is 29.5 Å². The van der Waals surface area contributed by atoms with Crippen molar-refractivity contribution in [2.45, 2.75) is 77.0 Å². The van der Waals surface area contributed by atoms with E-state index in [1.54, 1.807) is 4.90 Å². The first-order chi connectivity index (χ1) is 19.1. The van der Waals surface area contributed by atoms with E-state index in [-0.39, 0.29) is 24.1 Å². The third-order valence-corrected chi connectivity index (χ3v) is 7.92. The van der Waals surface area contributed by atoms with Gasteiger partial charge in [-0.2, -0.15) is 0 Å². The van der Waals surface area contributed by atoms with E-state index in [0.717, 1.165) is 50.1 Å². The first-order valence-electron chi connectivity index (χ1n) is 14.1. The summed E-state index contributed by atoms with van der Waals surface area (Å²) in [7, 11) is 0. The Morgan fingerprint density at radius 1 is 1.02 bits per heavy atom. The predicted molar refractivity (Wildman–Crippen MR) is 151 cm³/mol. The summed E-state index contributed by atoms with van der Waals surface area (Å²) >= 11 is 0. The van der Waals surface area contributed by atoms with Gasteiger partial charge in [0.1, 0.15) is 11.6 Å². The Bertz CT molecular complexity index is 1290. The molecule has 2 aromatic carbocycles. The van der Waals surface area contributed by atoms with Crippen LogP contribution in [0.5, 0.6) is 0 Å². The molecule has 2 N–H and O–H groups in total. The van der Waals surface area contributed by atoms with E-state index in [0.29, 0.717) is 24.4 Å². The molecular formula is C31H38N4O5. The number of nitrogens with one attached hydrogen (secondary N) is 2. The molecule has 9 nitrogen and oxygen atoms in total. The minimum atomic E-state index is -0.582. The topological polar surface area (TPSA) is 108 Å². The van der Waals surface area contributed by atoms with Crippen molar-refractivity contribution in [2.24, 2.45) is 0 Å². The summed E-state index contributed by atoms with van der Waals surface area (Å²) in [5.41, 5.74) is 4.30. The van der Waals surface area contributed by atoms with Gasteiger partial charge in [0.15, 0.2) is 0 Å². The van der Waals surface area contributed by atoms with Gasteiger partial charge in [-0.05, 0) is 100 Å². The molecule has 0 aromatic heterocycles. The Hall–Kier alpha value is -3.72. The fourth-order valence-corrected chi connectivity index (χ4v) is 5.80. The first kappa shape index (κ1) is 27.8. The van der Waals surface area contributed by atoms with Crippen LogP contribution >= 0.6 is 0 Å². The smallest absolute Gasteiger partial charge is 0.412 e. The third kappa shape index (κ3) is 6.53. The quantitative estimate of drug-likeness (QED) is 0.526. The van der Waals surface area contributed by atoms with Crippen LogP contribution in [0, 0.1) is 0 Å². The van der Waals surface area contributed by atoms with E-state index < -0.39 is 17.7 Å². The van der Waals surface area contributed by atoms with Crippen LogP contribution in [0.1, 0.15) is 79.4 Å². The Labute approximate surface area is 235 Å². The fourth-order valence-electron chi connectivity index (χ4n) is 5.80.